The molecule has 23 heavy (non-hydrogen) atoms. The van der Waals surface area contributed by atoms with Crippen molar-refractivity contribution in [3.05, 3.63) is 53.6 Å². The van der Waals surface area contributed by atoms with Crippen LogP contribution < -0.4 is 5.32 Å². The van der Waals surface area contributed by atoms with Gasteiger partial charge < -0.3 is 15.5 Å². The Morgan fingerprint density at radius 3 is 2.04 bits per heavy atom. The Bertz CT molecular complexity index is 650. The van der Waals surface area contributed by atoms with Crippen molar-refractivity contribution in [2.45, 2.75) is 38.1 Å². The minimum atomic E-state index is 0.0664. The maximum absolute atomic E-state index is 9.48. The van der Waals surface area contributed by atoms with Crippen molar-refractivity contribution in [3.63, 3.8) is 0 Å². The lowest BCUT2D eigenvalue weighted by Gasteiger charge is -2.23. The highest BCUT2D eigenvalue weighted by Crippen LogP contribution is 2.23. The standard InChI is InChI=1S/C20H23NO2/c22-19-12-16(13-20(23)14-19)7-6-15-8-10-18(11-9-15)21-17-4-2-1-3-5-17/h6-14,17,21-23H,1-5H2/b7-6+. The number of nitrogens with one attached hydrogen (secondary N) is 1. The normalized spacial score (nSPS) is 15.8. The molecule has 0 aromatic heterocycles. The van der Waals surface area contributed by atoms with Gasteiger partial charge in [0, 0.05) is 17.8 Å². The van der Waals surface area contributed by atoms with Crippen LogP contribution in [0.25, 0.3) is 12.2 Å². The molecule has 0 unspecified atom stereocenters. The summed E-state index contributed by atoms with van der Waals surface area (Å²) in [5, 5.41) is 22.6. The summed E-state index contributed by atoms with van der Waals surface area (Å²) in [6.45, 7) is 0. The van der Waals surface area contributed by atoms with Crippen LogP contribution in [0.15, 0.2) is 42.5 Å². The van der Waals surface area contributed by atoms with E-state index in [9.17, 15) is 10.2 Å². The Morgan fingerprint density at radius 1 is 0.783 bits per heavy atom. The van der Waals surface area contributed by atoms with Gasteiger partial charge in [0.05, 0.1) is 0 Å². The summed E-state index contributed by atoms with van der Waals surface area (Å²) in [5.41, 5.74) is 3.03. The maximum Gasteiger partial charge on any atom is 0.119 e. The number of hydrogen-bond donors (Lipinski definition) is 3. The number of phenols is 2. The zero-order valence-corrected chi connectivity index (χ0v) is 13.2. The molecule has 3 rings (SSSR count). The van der Waals surface area contributed by atoms with Crippen LogP contribution in [-0.2, 0) is 0 Å². The summed E-state index contributed by atoms with van der Waals surface area (Å²) in [4.78, 5) is 0. The van der Waals surface area contributed by atoms with Crippen LogP contribution in [0.2, 0.25) is 0 Å². The van der Waals surface area contributed by atoms with Crippen molar-refractivity contribution in [1.82, 2.24) is 0 Å². The molecule has 0 amide bonds. The molecule has 1 saturated carbocycles. The van der Waals surface area contributed by atoms with Crippen LogP contribution in [0.4, 0.5) is 5.69 Å². The van der Waals surface area contributed by atoms with Gasteiger partial charge in [0.1, 0.15) is 11.5 Å². The first kappa shape index (κ1) is 15.5. The lowest BCUT2D eigenvalue weighted by atomic mass is 9.95. The third-order valence-electron chi connectivity index (χ3n) is 4.28. The van der Waals surface area contributed by atoms with E-state index in [1.54, 1.807) is 12.1 Å². The molecule has 0 heterocycles. The predicted octanol–water partition coefficient (Wildman–Crippen LogP) is 5.01. The van der Waals surface area contributed by atoms with Crippen molar-refractivity contribution in [2.75, 3.05) is 5.32 Å². The van der Waals surface area contributed by atoms with E-state index in [0.29, 0.717) is 6.04 Å². The van der Waals surface area contributed by atoms with Gasteiger partial charge in [-0.05, 0) is 48.2 Å². The van der Waals surface area contributed by atoms with Crippen LogP contribution in [0, 0.1) is 0 Å². The van der Waals surface area contributed by atoms with E-state index in [1.165, 1.54) is 43.9 Å². The fourth-order valence-corrected chi connectivity index (χ4v) is 3.08. The van der Waals surface area contributed by atoms with Gasteiger partial charge in [0.25, 0.3) is 0 Å². The molecule has 0 saturated heterocycles. The van der Waals surface area contributed by atoms with Gasteiger partial charge in [-0.25, -0.2) is 0 Å². The van der Waals surface area contributed by atoms with Crippen molar-refractivity contribution in [1.29, 1.82) is 0 Å². The number of rotatable bonds is 4. The van der Waals surface area contributed by atoms with Crippen LogP contribution >= 0.6 is 0 Å². The summed E-state index contributed by atoms with van der Waals surface area (Å²) in [6.07, 6.45) is 10.4. The molecule has 0 aliphatic heterocycles. The van der Waals surface area contributed by atoms with E-state index >= 15 is 0 Å². The Hall–Kier alpha value is -2.42. The molecule has 0 spiro atoms. The summed E-state index contributed by atoms with van der Waals surface area (Å²) in [5.74, 6) is 0.133. The minimum Gasteiger partial charge on any atom is -0.508 e. The van der Waals surface area contributed by atoms with E-state index in [-0.39, 0.29) is 11.5 Å². The van der Waals surface area contributed by atoms with Crippen molar-refractivity contribution < 1.29 is 10.2 Å². The van der Waals surface area contributed by atoms with E-state index < -0.39 is 0 Å². The lowest BCUT2D eigenvalue weighted by molar-refractivity contribution is 0.450. The summed E-state index contributed by atoms with van der Waals surface area (Å²) < 4.78 is 0. The van der Waals surface area contributed by atoms with Crippen LogP contribution in [-0.4, -0.2) is 16.3 Å². The molecule has 2 aromatic rings. The highest BCUT2D eigenvalue weighted by atomic mass is 16.3. The van der Waals surface area contributed by atoms with Crippen LogP contribution in [0.3, 0.4) is 0 Å². The van der Waals surface area contributed by atoms with E-state index in [2.05, 4.69) is 29.6 Å². The molecule has 3 N–H and O–H groups in total. The number of hydrogen-bond acceptors (Lipinski definition) is 3. The Balaban J connectivity index is 1.63. The summed E-state index contributed by atoms with van der Waals surface area (Å²) in [6, 6.07) is 13.5. The molecule has 0 radical (unpaired) electrons. The summed E-state index contributed by atoms with van der Waals surface area (Å²) in [7, 11) is 0. The fraction of sp³-hybridized carbons (Fsp3) is 0.300. The second-order valence-electron chi connectivity index (χ2n) is 6.22. The largest absolute Gasteiger partial charge is 0.508 e. The lowest BCUT2D eigenvalue weighted by Crippen LogP contribution is -2.22. The molecule has 1 aliphatic carbocycles. The Kier molecular flexibility index (Phi) is 4.86. The third-order valence-corrected chi connectivity index (χ3v) is 4.28. The van der Waals surface area contributed by atoms with Crippen molar-refractivity contribution >= 4 is 17.8 Å². The van der Waals surface area contributed by atoms with Crippen LogP contribution in [0.1, 0.15) is 43.2 Å². The van der Waals surface area contributed by atoms with E-state index in [4.69, 9.17) is 0 Å². The molecule has 3 nitrogen and oxygen atoms in total. The number of benzene rings is 2. The molecule has 120 valence electrons. The SMILES string of the molecule is Oc1cc(O)cc(/C=C/c2ccc(NC3CCCCC3)cc2)c1. The van der Waals surface area contributed by atoms with Crippen LogP contribution in [0.5, 0.6) is 11.5 Å². The average Bonchev–Trinajstić information content (AvgIpc) is 2.54. The van der Waals surface area contributed by atoms with Gasteiger partial charge >= 0.3 is 0 Å². The van der Waals surface area contributed by atoms with E-state index in [1.807, 2.05) is 12.2 Å². The fourth-order valence-electron chi connectivity index (χ4n) is 3.08. The second-order valence-corrected chi connectivity index (χ2v) is 6.22. The Labute approximate surface area is 137 Å². The van der Waals surface area contributed by atoms with Gasteiger partial charge in [0.2, 0.25) is 0 Å². The first-order valence-corrected chi connectivity index (χ1v) is 8.27. The second kappa shape index (κ2) is 7.23. The van der Waals surface area contributed by atoms with Gasteiger partial charge in [-0.15, -0.1) is 0 Å². The molecular weight excluding hydrogens is 286 g/mol. The summed E-state index contributed by atoms with van der Waals surface area (Å²) >= 11 is 0. The smallest absolute Gasteiger partial charge is 0.119 e. The van der Waals surface area contributed by atoms with Gasteiger partial charge in [-0.3, -0.25) is 0 Å². The molecular formula is C20H23NO2. The first-order chi connectivity index (χ1) is 11.2. The molecule has 1 fully saturated rings. The number of aromatic hydroxyl groups is 2. The highest BCUT2D eigenvalue weighted by Gasteiger charge is 2.12. The monoisotopic (exact) mass is 309 g/mol. The third kappa shape index (κ3) is 4.52. The average molecular weight is 309 g/mol. The first-order valence-electron chi connectivity index (χ1n) is 8.27. The zero-order valence-electron chi connectivity index (χ0n) is 13.2. The maximum atomic E-state index is 9.48. The van der Waals surface area contributed by atoms with Gasteiger partial charge in [-0.1, -0.05) is 43.5 Å². The molecule has 0 bridgehead atoms. The van der Waals surface area contributed by atoms with Gasteiger partial charge in [0.15, 0.2) is 0 Å². The highest BCUT2D eigenvalue weighted by molar-refractivity contribution is 5.71. The minimum absolute atomic E-state index is 0.0664. The van der Waals surface area contributed by atoms with Crippen molar-refractivity contribution in [2.24, 2.45) is 0 Å². The topological polar surface area (TPSA) is 52.5 Å². The van der Waals surface area contributed by atoms with E-state index in [0.717, 1.165) is 11.1 Å². The number of phenolic OH excluding ortho intramolecular Hbond substituents is 2. The molecule has 2 aromatic carbocycles. The van der Waals surface area contributed by atoms with Crippen molar-refractivity contribution in [3.8, 4) is 11.5 Å². The molecule has 0 atom stereocenters. The number of anilines is 1. The predicted molar refractivity (Wildman–Crippen MR) is 95.6 cm³/mol. The quantitative estimate of drug-likeness (QED) is 0.696. The van der Waals surface area contributed by atoms with Gasteiger partial charge in [-0.2, -0.15) is 0 Å². The molecule has 3 heteroatoms. The Morgan fingerprint density at radius 2 is 1.39 bits per heavy atom. The molecule has 1 aliphatic rings. The zero-order chi connectivity index (χ0) is 16.1.